The molecule has 2 aliphatic rings. The molecule has 4 rings (SSSR count). The third kappa shape index (κ3) is 5.84. The summed E-state index contributed by atoms with van der Waals surface area (Å²) in [6.45, 7) is 7.06. The second kappa shape index (κ2) is 10.3. The molecule has 2 aromatic carbocycles. The van der Waals surface area contributed by atoms with Gasteiger partial charge in [0.1, 0.15) is 5.60 Å². The molecule has 0 unspecified atom stereocenters. The smallest absolute Gasteiger partial charge is 0.414 e. The summed E-state index contributed by atoms with van der Waals surface area (Å²) in [6.07, 6.45) is 2.55. The molecular weight excluding hydrogens is 504 g/mol. The number of hydrogen-bond donors (Lipinski definition) is 1. The first-order valence-corrected chi connectivity index (χ1v) is 14.0. The first kappa shape index (κ1) is 26.8. The summed E-state index contributed by atoms with van der Waals surface area (Å²) in [7, 11) is -3.85. The SMILES string of the molecule is CC(C)(C)OC(=O)[N+]1(CNN2CCN(S(=O)(=O)c3ccc4cc(Cl)ccc4c3)CC2=O)CCCCC1. The van der Waals surface area contributed by atoms with Gasteiger partial charge in [-0.3, -0.25) is 9.80 Å². The van der Waals surface area contributed by atoms with E-state index in [0.717, 1.165) is 30.0 Å². The quantitative estimate of drug-likeness (QED) is 0.584. The number of carbonyl (C=O) groups is 2. The molecule has 1 N–H and O–H groups in total. The lowest BCUT2D eigenvalue weighted by atomic mass is 10.1. The molecule has 0 saturated carbocycles. The summed E-state index contributed by atoms with van der Waals surface area (Å²) in [5, 5.41) is 3.59. The molecule has 2 amide bonds. The van der Waals surface area contributed by atoms with Crippen LogP contribution in [0.25, 0.3) is 10.8 Å². The fourth-order valence-corrected chi connectivity index (χ4v) is 6.23. The number of quaternary nitrogens is 1. The van der Waals surface area contributed by atoms with Crippen molar-refractivity contribution in [3.05, 3.63) is 41.4 Å². The second-order valence-electron chi connectivity index (χ2n) is 10.5. The molecule has 0 aliphatic carbocycles. The van der Waals surface area contributed by atoms with Gasteiger partial charge in [0.05, 0.1) is 31.1 Å². The van der Waals surface area contributed by atoms with Crippen molar-refractivity contribution in [2.75, 3.05) is 39.4 Å². The summed E-state index contributed by atoms with van der Waals surface area (Å²) in [5.74, 6) is -0.364. The fraction of sp³-hybridized carbons (Fsp3) is 0.520. The summed E-state index contributed by atoms with van der Waals surface area (Å²) < 4.78 is 33.5. The molecule has 36 heavy (non-hydrogen) atoms. The average molecular weight is 538 g/mol. The van der Waals surface area contributed by atoms with Crippen LogP contribution in [0, 0.1) is 0 Å². The minimum absolute atomic E-state index is 0.101. The minimum Gasteiger partial charge on any atom is -0.414 e. The standard InChI is InChI=1S/C25H34ClN4O5S/c1-25(2,3)35-24(32)30(13-5-4-6-14-30)18-27-29-12-11-28(17-23(29)31)36(33,34)22-10-8-19-15-21(26)9-7-20(19)16-22/h7-10,15-16,27H,4-6,11-14,17-18H2,1-3H3/q+1. The van der Waals surface area contributed by atoms with Gasteiger partial charge in [0.15, 0.2) is 6.67 Å². The Morgan fingerprint density at radius 2 is 1.72 bits per heavy atom. The van der Waals surface area contributed by atoms with Crippen molar-refractivity contribution >= 4 is 44.4 Å². The third-order valence-electron chi connectivity index (χ3n) is 6.61. The maximum Gasteiger partial charge on any atom is 0.517 e. The lowest BCUT2D eigenvalue weighted by molar-refractivity contribution is -0.867. The number of halogens is 1. The van der Waals surface area contributed by atoms with Gasteiger partial charge in [0.2, 0.25) is 10.0 Å². The molecular formula is C25H34ClN4O5S+. The van der Waals surface area contributed by atoms with Crippen molar-refractivity contribution < 1.29 is 27.2 Å². The van der Waals surface area contributed by atoms with Gasteiger partial charge in [-0.2, -0.15) is 14.5 Å². The highest BCUT2D eigenvalue weighted by molar-refractivity contribution is 7.89. The Bertz CT molecular complexity index is 1250. The number of carbonyl (C=O) groups excluding carboxylic acids is 2. The third-order valence-corrected chi connectivity index (χ3v) is 8.69. The second-order valence-corrected chi connectivity index (χ2v) is 12.9. The van der Waals surface area contributed by atoms with E-state index in [9.17, 15) is 18.0 Å². The maximum absolute atomic E-state index is 13.3. The monoisotopic (exact) mass is 537 g/mol. The maximum atomic E-state index is 13.3. The van der Waals surface area contributed by atoms with Gasteiger partial charge in [-0.05, 0) is 75.1 Å². The van der Waals surface area contributed by atoms with Gasteiger partial charge in [0.25, 0.3) is 5.91 Å². The number of ether oxygens (including phenoxy) is 1. The van der Waals surface area contributed by atoms with Gasteiger partial charge in [-0.1, -0.05) is 23.7 Å². The number of benzene rings is 2. The number of fused-ring (bicyclic) bond motifs is 1. The van der Waals surface area contributed by atoms with Crippen LogP contribution in [0.3, 0.4) is 0 Å². The van der Waals surface area contributed by atoms with E-state index >= 15 is 0 Å². The number of rotatable bonds is 5. The molecule has 2 aromatic rings. The van der Waals surface area contributed by atoms with E-state index in [0.29, 0.717) is 18.1 Å². The van der Waals surface area contributed by atoms with Crippen LogP contribution in [0.1, 0.15) is 40.0 Å². The molecule has 0 aromatic heterocycles. The number of hydrogen-bond acceptors (Lipinski definition) is 6. The van der Waals surface area contributed by atoms with Crippen LogP contribution in [0.4, 0.5) is 4.79 Å². The number of sulfonamides is 1. The number of nitrogens with zero attached hydrogens (tertiary/aromatic N) is 3. The first-order chi connectivity index (χ1) is 16.9. The van der Waals surface area contributed by atoms with Crippen LogP contribution in [-0.2, 0) is 19.6 Å². The predicted molar refractivity (Wildman–Crippen MR) is 138 cm³/mol. The highest BCUT2D eigenvalue weighted by atomic mass is 35.5. The van der Waals surface area contributed by atoms with Crippen LogP contribution < -0.4 is 5.43 Å². The van der Waals surface area contributed by atoms with Gasteiger partial charge in [-0.15, -0.1) is 0 Å². The lowest BCUT2D eigenvalue weighted by Gasteiger charge is -2.41. The number of piperidine rings is 1. The Morgan fingerprint density at radius 3 is 2.39 bits per heavy atom. The van der Waals surface area contributed by atoms with Gasteiger partial charge < -0.3 is 4.74 Å². The molecule has 0 bridgehead atoms. The Balaban J connectivity index is 1.43. The van der Waals surface area contributed by atoms with Gasteiger partial charge in [0, 0.05) is 11.6 Å². The van der Waals surface area contributed by atoms with Gasteiger partial charge in [-0.25, -0.2) is 12.9 Å². The zero-order valence-electron chi connectivity index (χ0n) is 21.0. The van der Waals surface area contributed by atoms with E-state index in [1.807, 2.05) is 20.8 Å². The highest BCUT2D eigenvalue weighted by Gasteiger charge is 2.43. The zero-order chi connectivity index (χ0) is 26.1. The molecule has 11 heteroatoms. The largest absolute Gasteiger partial charge is 0.517 e. The average Bonchev–Trinajstić information content (AvgIpc) is 2.82. The minimum atomic E-state index is -3.85. The summed E-state index contributed by atoms with van der Waals surface area (Å²) >= 11 is 6.03. The predicted octanol–water partition coefficient (Wildman–Crippen LogP) is 3.72. The molecule has 2 saturated heterocycles. The molecule has 196 valence electrons. The Hall–Kier alpha value is -2.24. The van der Waals surface area contributed by atoms with Crippen LogP contribution >= 0.6 is 11.6 Å². The van der Waals surface area contributed by atoms with Crippen molar-refractivity contribution in [3.8, 4) is 0 Å². The Labute approximate surface area is 217 Å². The molecule has 2 fully saturated rings. The van der Waals surface area contributed by atoms with Crippen molar-refractivity contribution in [2.24, 2.45) is 0 Å². The van der Waals surface area contributed by atoms with E-state index < -0.39 is 15.6 Å². The molecule has 2 aliphatic heterocycles. The topological polar surface area (TPSA) is 96.0 Å². The van der Waals surface area contributed by atoms with E-state index in [2.05, 4.69) is 5.43 Å². The number of piperazine rings is 1. The van der Waals surface area contributed by atoms with E-state index in [4.69, 9.17) is 16.3 Å². The lowest BCUT2D eigenvalue weighted by Crippen LogP contribution is -2.65. The molecule has 0 radical (unpaired) electrons. The van der Waals surface area contributed by atoms with Crippen LogP contribution in [0.15, 0.2) is 41.3 Å². The van der Waals surface area contributed by atoms with E-state index in [-0.39, 0.29) is 47.7 Å². The number of hydrazine groups is 1. The van der Waals surface area contributed by atoms with E-state index in [1.54, 1.807) is 30.3 Å². The molecule has 9 nitrogen and oxygen atoms in total. The van der Waals surface area contributed by atoms with Gasteiger partial charge >= 0.3 is 6.09 Å². The molecule has 0 spiro atoms. The molecule has 0 atom stereocenters. The summed E-state index contributed by atoms with van der Waals surface area (Å²) in [5.41, 5.74) is 2.50. The van der Waals surface area contributed by atoms with Crippen LogP contribution in [0.5, 0.6) is 0 Å². The zero-order valence-corrected chi connectivity index (χ0v) is 22.6. The number of nitrogens with one attached hydrogen (secondary N) is 1. The highest BCUT2D eigenvalue weighted by Crippen LogP contribution is 2.26. The Morgan fingerprint density at radius 1 is 1.06 bits per heavy atom. The fourth-order valence-electron chi connectivity index (χ4n) is 4.63. The normalized spacial score (nSPS) is 19.4. The van der Waals surface area contributed by atoms with Crippen molar-refractivity contribution in [1.82, 2.24) is 14.7 Å². The van der Waals surface area contributed by atoms with Crippen LogP contribution in [0.2, 0.25) is 5.02 Å². The number of likely N-dealkylation sites (tertiary alicyclic amines) is 1. The molecule has 2 heterocycles. The van der Waals surface area contributed by atoms with Crippen molar-refractivity contribution in [1.29, 1.82) is 0 Å². The summed E-state index contributed by atoms with van der Waals surface area (Å²) in [6, 6.07) is 10.1. The first-order valence-electron chi connectivity index (χ1n) is 12.2. The number of amides is 2. The Kier molecular flexibility index (Phi) is 7.64. The van der Waals surface area contributed by atoms with E-state index in [1.165, 1.54) is 15.4 Å². The van der Waals surface area contributed by atoms with Crippen molar-refractivity contribution in [2.45, 2.75) is 50.5 Å². The van der Waals surface area contributed by atoms with Crippen molar-refractivity contribution in [3.63, 3.8) is 0 Å². The summed E-state index contributed by atoms with van der Waals surface area (Å²) in [4.78, 5) is 26.1. The van der Waals surface area contributed by atoms with Crippen LogP contribution in [-0.4, -0.2) is 79.2 Å².